The van der Waals surface area contributed by atoms with E-state index in [0.717, 1.165) is 29.1 Å². The fourth-order valence-corrected chi connectivity index (χ4v) is 2.42. The Hall–Kier alpha value is -2.11. The van der Waals surface area contributed by atoms with Crippen molar-refractivity contribution in [2.24, 2.45) is 5.84 Å². The summed E-state index contributed by atoms with van der Waals surface area (Å²) < 4.78 is 7.97. The summed E-state index contributed by atoms with van der Waals surface area (Å²) in [4.78, 5) is 4.38. The van der Waals surface area contributed by atoms with Crippen molar-refractivity contribution in [1.82, 2.24) is 15.0 Å². The lowest BCUT2D eigenvalue weighted by Gasteiger charge is -2.13. The summed E-state index contributed by atoms with van der Waals surface area (Å²) in [5.41, 5.74) is 3.70. The Labute approximate surface area is 117 Å². The van der Waals surface area contributed by atoms with Gasteiger partial charge in [0, 0.05) is 30.7 Å². The molecule has 1 unspecified atom stereocenters. The molecular formula is C15H18N4O. The summed E-state index contributed by atoms with van der Waals surface area (Å²) in [6, 6.07) is 9.89. The van der Waals surface area contributed by atoms with E-state index in [1.165, 1.54) is 0 Å². The molecule has 104 valence electrons. The zero-order valence-electron chi connectivity index (χ0n) is 11.4. The van der Waals surface area contributed by atoms with Crippen molar-refractivity contribution in [3.05, 3.63) is 54.3 Å². The second-order valence-corrected chi connectivity index (χ2v) is 4.74. The molecular weight excluding hydrogens is 252 g/mol. The highest BCUT2D eigenvalue weighted by Gasteiger charge is 2.17. The standard InChI is InChI=1S/C15H18N4O/c1-2-19-8-7-17-15(19)10-12(18-16)14-9-11-5-3-4-6-13(11)20-14/h3-9,12,18H,2,10,16H2,1H3. The van der Waals surface area contributed by atoms with Crippen molar-refractivity contribution in [2.45, 2.75) is 25.9 Å². The number of aromatic nitrogens is 2. The van der Waals surface area contributed by atoms with Crippen LogP contribution in [0.15, 0.2) is 47.1 Å². The number of hydrogen-bond donors (Lipinski definition) is 2. The van der Waals surface area contributed by atoms with Crippen LogP contribution in [0.1, 0.15) is 24.6 Å². The number of nitrogens with two attached hydrogens (primary N) is 1. The molecule has 0 radical (unpaired) electrons. The number of aryl methyl sites for hydroxylation is 1. The van der Waals surface area contributed by atoms with Crippen molar-refractivity contribution in [3.8, 4) is 0 Å². The maximum absolute atomic E-state index is 5.86. The van der Waals surface area contributed by atoms with Crippen LogP contribution < -0.4 is 11.3 Å². The highest BCUT2D eigenvalue weighted by molar-refractivity contribution is 5.77. The third kappa shape index (κ3) is 2.33. The number of hydrazine groups is 1. The highest BCUT2D eigenvalue weighted by Crippen LogP contribution is 2.25. The van der Waals surface area contributed by atoms with Gasteiger partial charge in [-0.3, -0.25) is 5.84 Å². The molecule has 20 heavy (non-hydrogen) atoms. The molecule has 0 saturated carbocycles. The van der Waals surface area contributed by atoms with E-state index < -0.39 is 0 Å². The number of benzene rings is 1. The largest absolute Gasteiger partial charge is 0.459 e. The average Bonchev–Trinajstić information content (AvgIpc) is 3.10. The Balaban J connectivity index is 1.89. The molecule has 1 atom stereocenters. The Morgan fingerprint density at radius 2 is 2.25 bits per heavy atom. The normalized spacial score (nSPS) is 12.9. The first-order valence-corrected chi connectivity index (χ1v) is 6.76. The Morgan fingerprint density at radius 1 is 1.40 bits per heavy atom. The van der Waals surface area contributed by atoms with Gasteiger partial charge in [0.25, 0.3) is 0 Å². The maximum atomic E-state index is 5.86. The van der Waals surface area contributed by atoms with Gasteiger partial charge in [0.1, 0.15) is 17.2 Å². The predicted octanol–water partition coefficient (Wildman–Crippen LogP) is 2.40. The van der Waals surface area contributed by atoms with Crippen molar-refractivity contribution in [1.29, 1.82) is 0 Å². The van der Waals surface area contributed by atoms with Gasteiger partial charge < -0.3 is 8.98 Å². The number of para-hydroxylation sites is 1. The Bertz CT molecular complexity index is 668. The molecule has 1 aromatic carbocycles. The van der Waals surface area contributed by atoms with Gasteiger partial charge in [0.05, 0.1) is 6.04 Å². The number of imidazole rings is 1. The highest BCUT2D eigenvalue weighted by atomic mass is 16.3. The first-order chi connectivity index (χ1) is 9.81. The van der Waals surface area contributed by atoms with E-state index in [1.54, 1.807) is 0 Å². The number of nitrogens with zero attached hydrogens (tertiary/aromatic N) is 2. The van der Waals surface area contributed by atoms with E-state index in [0.29, 0.717) is 6.42 Å². The van der Waals surface area contributed by atoms with Crippen LogP contribution in [0.2, 0.25) is 0 Å². The molecule has 0 bridgehead atoms. The summed E-state index contributed by atoms with van der Waals surface area (Å²) in [6.07, 6.45) is 4.48. The number of hydrogen-bond acceptors (Lipinski definition) is 4. The minimum Gasteiger partial charge on any atom is -0.459 e. The van der Waals surface area contributed by atoms with Crippen LogP contribution in [0.4, 0.5) is 0 Å². The summed E-state index contributed by atoms with van der Waals surface area (Å²) >= 11 is 0. The van der Waals surface area contributed by atoms with Gasteiger partial charge in [-0.25, -0.2) is 10.4 Å². The third-order valence-electron chi connectivity index (χ3n) is 3.52. The molecule has 0 amide bonds. The van der Waals surface area contributed by atoms with E-state index in [9.17, 15) is 0 Å². The number of nitrogens with one attached hydrogen (secondary N) is 1. The van der Waals surface area contributed by atoms with E-state index in [1.807, 2.05) is 42.7 Å². The molecule has 0 aliphatic heterocycles. The second-order valence-electron chi connectivity index (χ2n) is 4.74. The van der Waals surface area contributed by atoms with Crippen molar-refractivity contribution in [2.75, 3.05) is 0 Å². The molecule has 2 heterocycles. The minimum absolute atomic E-state index is 0.0879. The quantitative estimate of drug-likeness (QED) is 0.552. The third-order valence-corrected chi connectivity index (χ3v) is 3.52. The van der Waals surface area contributed by atoms with Crippen LogP contribution in [-0.2, 0) is 13.0 Å². The Morgan fingerprint density at radius 3 is 3.00 bits per heavy atom. The molecule has 0 spiro atoms. The summed E-state index contributed by atoms with van der Waals surface area (Å²) in [7, 11) is 0. The molecule has 3 aromatic rings. The van der Waals surface area contributed by atoms with Gasteiger partial charge in [-0.05, 0) is 19.1 Å². The van der Waals surface area contributed by atoms with Crippen molar-refractivity contribution >= 4 is 11.0 Å². The molecule has 2 aromatic heterocycles. The second kappa shape index (κ2) is 5.48. The van der Waals surface area contributed by atoms with E-state index in [4.69, 9.17) is 10.3 Å². The summed E-state index contributed by atoms with van der Waals surface area (Å²) in [6.45, 7) is 2.99. The summed E-state index contributed by atoms with van der Waals surface area (Å²) in [5.74, 6) is 7.52. The average molecular weight is 270 g/mol. The smallest absolute Gasteiger partial charge is 0.134 e. The molecule has 3 N–H and O–H groups in total. The van der Waals surface area contributed by atoms with Gasteiger partial charge in [-0.2, -0.15) is 0 Å². The molecule has 5 nitrogen and oxygen atoms in total. The van der Waals surface area contributed by atoms with Gasteiger partial charge >= 0.3 is 0 Å². The van der Waals surface area contributed by atoms with E-state index >= 15 is 0 Å². The number of fused-ring (bicyclic) bond motifs is 1. The predicted molar refractivity (Wildman–Crippen MR) is 77.9 cm³/mol. The van der Waals surface area contributed by atoms with E-state index in [-0.39, 0.29) is 6.04 Å². The fourth-order valence-electron chi connectivity index (χ4n) is 2.42. The Kier molecular flexibility index (Phi) is 3.54. The van der Waals surface area contributed by atoms with Gasteiger partial charge in [-0.1, -0.05) is 18.2 Å². The SMILES string of the molecule is CCn1ccnc1CC(NN)c1cc2ccccc2o1. The van der Waals surface area contributed by atoms with Crippen LogP contribution in [0.3, 0.4) is 0 Å². The lowest BCUT2D eigenvalue weighted by molar-refractivity contribution is 0.424. The fraction of sp³-hybridized carbons (Fsp3) is 0.267. The molecule has 5 heteroatoms. The van der Waals surface area contributed by atoms with Crippen LogP contribution in [0, 0.1) is 0 Å². The van der Waals surface area contributed by atoms with Crippen LogP contribution in [0.25, 0.3) is 11.0 Å². The maximum Gasteiger partial charge on any atom is 0.134 e. The summed E-state index contributed by atoms with van der Waals surface area (Å²) in [5, 5.41) is 1.08. The van der Waals surface area contributed by atoms with E-state index in [2.05, 4.69) is 21.9 Å². The lowest BCUT2D eigenvalue weighted by Crippen LogP contribution is -2.30. The monoisotopic (exact) mass is 270 g/mol. The molecule has 0 saturated heterocycles. The first kappa shape index (κ1) is 12.9. The van der Waals surface area contributed by atoms with Crippen molar-refractivity contribution < 1.29 is 4.42 Å². The molecule has 3 rings (SSSR count). The number of rotatable bonds is 5. The minimum atomic E-state index is -0.0879. The van der Waals surface area contributed by atoms with Crippen LogP contribution >= 0.6 is 0 Å². The first-order valence-electron chi connectivity index (χ1n) is 6.76. The van der Waals surface area contributed by atoms with Crippen LogP contribution in [-0.4, -0.2) is 9.55 Å². The van der Waals surface area contributed by atoms with Gasteiger partial charge in [0.15, 0.2) is 0 Å². The van der Waals surface area contributed by atoms with Crippen molar-refractivity contribution in [3.63, 3.8) is 0 Å². The molecule has 0 aliphatic rings. The van der Waals surface area contributed by atoms with Crippen LogP contribution in [0.5, 0.6) is 0 Å². The number of furan rings is 1. The molecule has 0 fully saturated rings. The lowest BCUT2D eigenvalue weighted by atomic mass is 10.1. The zero-order valence-corrected chi connectivity index (χ0v) is 11.4. The zero-order chi connectivity index (χ0) is 13.9. The van der Waals surface area contributed by atoms with Gasteiger partial charge in [0.2, 0.25) is 0 Å². The molecule has 0 aliphatic carbocycles. The van der Waals surface area contributed by atoms with Gasteiger partial charge in [-0.15, -0.1) is 0 Å². The topological polar surface area (TPSA) is 69.0 Å².